The summed E-state index contributed by atoms with van der Waals surface area (Å²) in [5, 5.41) is 3.96. The second kappa shape index (κ2) is 4.21. The Labute approximate surface area is 121 Å². The number of nitrogens with two attached hydrogens (primary N) is 1. The van der Waals surface area contributed by atoms with Gasteiger partial charge in [0.2, 0.25) is 11.9 Å². The largest absolute Gasteiger partial charge is 0.483 e. The van der Waals surface area contributed by atoms with Crippen molar-refractivity contribution < 1.29 is 9.53 Å². The van der Waals surface area contributed by atoms with Crippen molar-refractivity contribution in [1.82, 2.24) is 14.8 Å². The second-order valence-electron chi connectivity index (χ2n) is 5.53. The molecule has 2 N–H and O–H groups in total. The quantitative estimate of drug-likeness (QED) is 0.882. The summed E-state index contributed by atoms with van der Waals surface area (Å²) in [7, 11) is 0. The van der Waals surface area contributed by atoms with Gasteiger partial charge in [-0.15, -0.1) is 5.10 Å². The highest BCUT2D eigenvalue weighted by molar-refractivity contribution is 5.95. The molecule has 21 heavy (non-hydrogen) atoms. The Kier molecular flexibility index (Phi) is 2.44. The highest BCUT2D eigenvalue weighted by atomic mass is 16.5. The maximum Gasteiger partial charge on any atom is 0.249 e. The normalized spacial score (nSPS) is 18.2. The lowest BCUT2D eigenvalue weighted by Crippen LogP contribution is -2.46. The minimum atomic E-state index is -0.189. The maximum atomic E-state index is 12.6. The van der Waals surface area contributed by atoms with Gasteiger partial charge in [-0.1, -0.05) is 12.1 Å². The van der Waals surface area contributed by atoms with Crippen LogP contribution in [-0.4, -0.2) is 32.8 Å². The van der Waals surface area contributed by atoms with E-state index in [9.17, 15) is 4.79 Å². The van der Waals surface area contributed by atoms with Gasteiger partial charge < -0.3 is 15.4 Å². The average molecular weight is 285 g/mol. The van der Waals surface area contributed by atoms with Crippen LogP contribution in [-0.2, 0) is 11.3 Å². The lowest BCUT2D eigenvalue weighted by molar-refractivity contribution is -0.120. The van der Waals surface area contributed by atoms with Gasteiger partial charge in [0, 0.05) is 0 Å². The molecule has 1 aromatic heterocycles. The number of nitrogen functional groups attached to an aromatic ring is 1. The molecule has 1 aromatic carbocycles. The first-order valence-corrected chi connectivity index (χ1v) is 6.89. The van der Waals surface area contributed by atoms with E-state index in [1.165, 1.54) is 11.0 Å². The number of para-hydroxylation sites is 2. The zero-order chi connectivity index (χ0) is 14.4. The van der Waals surface area contributed by atoms with Crippen molar-refractivity contribution >= 4 is 17.5 Å². The monoisotopic (exact) mass is 285 g/mol. The van der Waals surface area contributed by atoms with Crippen LogP contribution in [0.15, 0.2) is 30.6 Å². The van der Waals surface area contributed by atoms with Crippen LogP contribution in [0, 0.1) is 0 Å². The van der Waals surface area contributed by atoms with Crippen molar-refractivity contribution in [3.05, 3.63) is 30.6 Å². The molecule has 2 aliphatic rings. The Balaban J connectivity index is 1.63. The molecule has 0 radical (unpaired) electrons. The zero-order valence-corrected chi connectivity index (χ0v) is 11.4. The number of fused-ring (bicyclic) bond motifs is 1. The van der Waals surface area contributed by atoms with Gasteiger partial charge in [-0.05, 0) is 25.0 Å². The third kappa shape index (κ3) is 2.10. The molecule has 0 bridgehead atoms. The highest BCUT2D eigenvalue weighted by Crippen LogP contribution is 2.48. The standard InChI is InChI=1S/C14H15N5O2/c15-13-16-9-18(17-13)7-12(20)19-8-14(5-6-14)21-11-4-2-1-3-10(11)19/h1-4,9H,5-8H2,(H2,15,17). The molecule has 1 amide bonds. The van der Waals surface area contributed by atoms with E-state index < -0.39 is 0 Å². The fourth-order valence-corrected chi connectivity index (χ4v) is 2.64. The minimum Gasteiger partial charge on any atom is -0.483 e. The number of carbonyl (C=O) groups is 1. The Morgan fingerprint density at radius 2 is 2.19 bits per heavy atom. The zero-order valence-electron chi connectivity index (χ0n) is 11.4. The third-order valence-electron chi connectivity index (χ3n) is 3.89. The van der Waals surface area contributed by atoms with Gasteiger partial charge in [-0.25, -0.2) is 9.67 Å². The van der Waals surface area contributed by atoms with Crippen molar-refractivity contribution in [2.45, 2.75) is 25.0 Å². The topological polar surface area (TPSA) is 86.3 Å². The fraction of sp³-hybridized carbons (Fsp3) is 0.357. The van der Waals surface area contributed by atoms with Crippen molar-refractivity contribution in [2.24, 2.45) is 0 Å². The molecule has 1 aliphatic carbocycles. The van der Waals surface area contributed by atoms with Crippen molar-refractivity contribution in [3.63, 3.8) is 0 Å². The molecule has 7 heteroatoms. The predicted molar refractivity (Wildman–Crippen MR) is 75.8 cm³/mol. The van der Waals surface area contributed by atoms with Crippen LogP contribution in [0.25, 0.3) is 0 Å². The van der Waals surface area contributed by atoms with E-state index in [0.29, 0.717) is 6.54 Å². The second-order valence-corrected chi connectivity index (χ2v) is 5.53. The summed E-state index contributed by atoms with van der Waals surface area (Å²) in [6, 6.07) is 7.63. The first-order chi connectivity index (χ1) is 10.2. The lowest BCUT2D eigenvalue weighted by Gasteiger charge is -2.35. The molecule has 7 nitrogen and oxygen atoms in total. The molecule has 108 valence electrons. The Bertz CT molecular complexity index is 707. The molecule has 0 atom stereocenters. The average Bonchev–Trinajstić information content (AvgIpc) is 3.09. The van der Waals surface area contributed by atoms with E-state index in [1.54, 1.807) is 4.90 Å². The van der Waals surface area contributed by atoms with E-state index in [4.69, 9.17) is 10.5 Å². The van der Waals surface area contributed by atoms with Crippen LogP contribution in [0.1, 0.15) is 12.8 Å². The van der Waals surface area contributed by atoms with E-state index >= 15 is 0 Å². The van der Waals surface area contributed by atoms with Gasteiger partial charge in [0.25, 0.3) is 0 Å². The molecule has 1 spiro atoms. The summed E-state index contributed by atoms with van der Waals surface area (Å²) in [6.07, 6.45) is 3.44. The SMILES string of the molecule is Nc1ncn(CC(=O)N2CC3(CC3)Oc3ccccc32)n1. The minimum absolute atomic E-state index is 0.0399. The molecular formula is C14H15N5O2. The smallest absolute Gasteiger partial charge is 0.249 e. The summed E-state index contributed by atoms with van der Waals surface area (Å²) < 4.78 is 7.47. The van der Waals surface area contributed by atoms with Crippen LogP contribution in [0.2, 0.25) is 0 Å². The Morgan fingerprint density at radius 1 is 1.38 bits per heavy atom. The lowest BCUT2D eigenvalue weighted by atomic mass is 10.1. The summed E-state index contributed by atoms with van der Waals surface area (Å²) in [5.74, 6) is 0.901. The van der Waals surface area contributed by atoms with Crippen LogP contribution in [0.3, 0.4) is 0 Å². The van der Waals surface area contributed by atoms with E-state index in [-0.39, 0.29) is 24.0 Å². The number of ether oxygens (including phenoxy) is 1. The maximum absolute atomic E-state index is 12.6. The number of nitrogens with zero attached hydrogens (tertiary/aromatic N) is 4. The number of amides is 1. The first kappa shape index (κ1) is 12.2. The highest BCUT2D eigenvalue weighted by Gasteiger charge is 2.51. The number of hydrogen-bond donors (Lipinski definition) is 1. The van der Waals surface area contributed by atoms with Gasteiger partial charge in [-0.3, -0.25) is 4.79 Å². The number of aromatic nitrogens is 3. The van der Waals surface area contributed by atoms with Gasteiger partial charge in [0.05, 0.1) is 12.2 Å². The summed E-state index contributed by atoms with van der Waals surface area (Å²) in [4.78, 5) is 18.2. The van der Waals surface area contributed by atoms with Crippen molar-refractivity contribution in [2.75, 3.05) is 17.2 Å². The van der Waals surface area contributed by atoms with Crippen LogP contribution >= 0.6 is 0 Å². The van der Waals surface area contributed by atoms with E-state index in [1.807, 2.05) is 24.3 Å². The molecule has 1 fully saturated rings. The predicted octanol–water partition coefficient (Wildman–Crippen LogP) is 0.818. The molecule has 0 saturated heterocycles. The molecule has 1 saturated carbocycles. The third-order valence-corrected chi connectivity index (χ3v) is 3.89. The molecule has 4 rings (SSSR count). The number of hydrogen-bond acceptors (Lipinski definition) is 5. The van der Waals surface area contributed by atoms with Crippen molar-refractivity contribution in [3.8, 4) is 5.75 Å². The molecule has 0 unspecified atom stereocenters. The van der Waals surface area contributed by atoms with Gasteiger partial charge in [0.1, 0.15) is 24.2 Å². The summed E-state index contributed by atoms with van der Waals surface area (Å²) in [5.41, 5.74) is 6.10. The number of rotatable bonds is 2. The Hall–Kier alpha value is -2.57. The Morgan fingerprint density at radius 3 is 2.90 bits per heavy atom. The van der Waals surface area contributed by atoms with Crippen molar-refractivity contribution in [1.29, 1.82) is 0 Å². The van der Waals surface area contributed by atoms with Crippen LogP contribution < -0.4 is 15.4 Å². The molecule has 2 heterocycles. The summed E-state index contributed by atoms with van der Waals surface area (Å²) >= 11 is 0. The molecular weight excluding hydrogens is 270 g/mol. The molecule has 1 aliphatic heterocycles. The van der Waals surface area contributed by atoms with E-state index in [2.05, 4.69) is 10.1 Å². The number of benzene rings is 1. The van der Waals surface area contributed by atoms with Gasteiger partial charge in [-0.2, -0.15) is 0 Å². The fourth-order valence-electron chi connectivity index (χ4n) is 2.64. The first-order valence-electron chi connectivity index (χ1n) is 6.89. The van der Waals surface area contributed by atoms with Gasteiger partial charge in [0.15, 0.2) is 0 Å². The number of anilines is 2. The molecule has 2 aromatic rings. The van der Waals surface area contributed by atoms with Crippen LogP contribution in [0.5, 0.6) is 5.75 Å². The number of carbonyl (C=O) groups excluding carboxylic acids is 1. The van der Waals surface area contributed by atoms with E-state index in [0.717, 1.165) is 24.3 Å². The van der Waals surface area contributed by atoms with Gasteiger partial charge >= 0.3 is 0 Å². The summed E-state index contributed by atoms with van der Waals surface area (Å²) in [6.45, 7) is 0.710. The van der Waals surface area contributed by atoms with Crippen LogP contribution in [0.4, 0.5) is 11.6 Å².